The summed E-state index contributed by atoms with van der Waals surface area (Å²) in [6.45, 7) is 4.70. The third-order valence-corrected chi connectivity index (χ3v) is 4.66. The number of benzene rings is 1. The highest BCUT2D eigenvalue weighted by Crippen LogP contribution is 2.31. The molecule has 1 amide bonds. The van der Waals surface area contributed by atoms with Crippen molar-refractivity contribution in [3.8, 4) is 0 Å². The normalized spacial score (nSPS) is 20.4. The van der Waals surface area contributed by atoms with Crippen molar-refractivity contribution in [1.82, 2.24) is 19.9 Å². The molecule has 1 aromatic carbocycles. The first kappa shape index (κ1) is 17.5. The molecule has 1 fully saturated rings. The molecule has 7 heteroatoms. The number of rotatable bonds is 5. The number of hydrogen-bond donors (Lipinski definition) is 1. The molecule has 1 aromatic heterocycles. The first-order chi connectivity index (χ1) is 11.9. The molecule has 1 atom stereocenters. The molecular formula is C18H23FN4O2. The van der Waals surface area contributed by atoms with Crippen LogP contribution in [-0.4, -0.2) is 44.0 Å². The Hall–Kier alpha value is -2.28. The van der Waals surface area contributed by atoms with Gasteiger partial charge in [-0.05, 0) is 38.0 Å². The van der Waals surface area contributed by atoms with Crippen LogP contribution in [0.4, 0.5) is 4.39 Å². The van der Waals surface area contributed by atoms with Gasteiger partial charge in [0.2, 0.25) is 5.91 Å². The minimum absolute atomic E-state index is 0.0171. The van der Waals surface area contributed by atoms with Gasteiger partial charge in [-0.15, -0.1) is 5.10 Å². The molecule has 6 nitrogen and oxygen atoms in total. The van der Waals surface area contributed by atoms with Crippen LogP contribution in [-0.2, 0) is 16.8 Å². The lowest BCUT2D eigenvalue weighted by Crippen LogP contribution is -2.34. The maximum atomic E-state index is 12.9. The van der Waals surface area contributed by atoms with E-state index in [1.807, 2.05) is 13.8 Å². The first-order valence-corrected chi connectivity index (χ1v) is 8.54. The van der Waals surface area contributed by atoms with Gasteiger partial charge in [-0.2, -0.15) is 0 Å². The lowest BCUT2D eigenvalue weighted by Gasteiger charge is -2.21. The molecule has 1 aliphatic heterocycles. The highest BCUT2D eigenvalue weighted by Gasteiger charge is 2.41. The Bertz CT molecular complexity index is 744. The third kappa shape index (κ3) is 3.87. The summed E-state index contributed by atoms with van der Waals surface area (Å²) in [5, 5.41) is 18.9. The Labute approximate surface area is 146 Å². The molecule has 1 unspecified atom stereocenters. The third-order valence-electron chi connectivity index (χ3n) is 4.66. The fourth-order valence-electron chi connectivity index (χ4n) is 3.02. The van der Waals surface area contributed by atoms with Crippen molar-refractivity contribution in [2.75, 3.05) is 13.1 Å². The Morgan fingerprint density at radius 2 is 2.08 bits per heavy atom. The first-order valence-electron chi connectivity index (χ1n) is 8.54. The van der Waals surface area contributed by atoms with Crippen LogP contribution in [0.25, 0.3) is 0 Å². The van der Waals surface area contributed by atoms with Gasteiger partial charge in [0.15, 0.2) is 0 Å². The van der Waals surface area contributed by atoms with Crippen LogP contribution in [0.1, 0.15) is 44.0 Å². The molecule has 1 N–H and O–H groups in total. The monoisotopic (exact) mass is 346 g/mol. The van der Waals surface area contributed by atoms with E-state index in [1.54, 1.807) is 27.9 Å². The van der Waals surface area contributed by atoms with Crippen molar-refractivity contribution in [2.45, 2.75) is 44.8 Å². The molecule has 1 aliphatic rings. The molecule has 0 saturated carbocycles. The van der Waals surface area contributed by atoms with E-state index in [0.29, 0.717) is 31.5 Å². The molecule has 2 heterocycles. The standard InChI is InChI=1S/C18H23FN4O2/c1-13(2)23-11-16(20-21-23)18(25)9-10-22(12-18)17(24)8-5-14-3-6-15(19)7-4-14/h3-4,6-7,11,13,25H,5,8-10,12H2,1-2H3. The molecule has 1 saturated heterocycles. The number of aromatic nitrogens is 3. The summed E-state index contributed by atoms with van der Waals surface area (Å²) < 4.78 is 14.6. The van der Waals surface area contributed by atoms with Gasteiger partial charge in [-0.3, -0.25) is 4.79 Å². The summed E-state index contributed by atoms with van der Waals surface area (Å²) in [6.07, 6.45) is 3.08. The summed E-state index contributed by atoms with van der Waals surface area (Å²) in [7, 11) is 0. The van der Waals surface area contributed by atoms with Gasteiger partial charge < -0.3 is 10.0 Å². The smallest absolute Gasteiger partial charge is 0.223 e. The molecule has 2 aromatic rings. The number of likely N-dealkylation sites (tertiary alicyclic amines) is 1. The van der Waals surface area contributed by atoms with E-state index in [0.717, 1.165) is 5.56 Å². The van der Waals surface area contributed by atoms with Crippen LogP contribution in [0, 0.1) is 5.82 Å². The zero-order valence-electron chi connectivity index (χ0n) is 14.5. The van der Waals surface area contributed by atoms with Crippen molar-refractivity contribution >= 4 is 5.91 Å². The van der Waals surface area contributed by atoms with E-state index in [1.165, 1.54) is 12.1 Å². The Balaban J connectivity index is 1.59. The van der Waals surface area contributed by atoms with Crippen LogP contribution in [0.15, 0.2) is 30.5 Å². The number of hydrogen-bond acceptors (Lipinski definition) is 4. The van der Waals surface area contributed by atoms with Crippen molar-refractivity contribution < 1.29 is 14.3 Å². The number of amides is 1. The summed E-state index contributed by atoms with van der Waals surface area (Å²) in [4.78, 5) is 14.1. The number of halogens is 1. The van der Waals surface area contributed by atoms with Gasteiger partial charge >= 0.3 is 0 Å². The molecule has 0 radical (unpaired) electrons. The van der Waals surface area contributed by atoms with E-state index in [2.05, 4.69) is 10.3 Å². The fourth-order valence-corrected chi connectivity index (χ4v) is 3.02. The maximum absolute atomic E-state index is 12.9. The van der Waals surface area contributed by atoms with Crippen LogP contribution in [0.2, 0.25) is 0 Å². The predicted molar refractivity (Wildman–Crippen MR) is 90.2 cm³/mol. The molecule has 3 rings (SSSR count). The van der Waals surface area contributed by atoms with Gasteiger partial charge in [-0.25, -0.2) is 9.07 Å². The second-order valence-corrected chi connectivity index (χ2v) is 6.90. The van der Waals surface area contributed by atoms with Crippen molar-refractivity contribution in [3.63, 3.8) is 0 Å². The van der Waals surface area contributed by atoms with Crippen molar-refractivity contribution in [2.24, 2.45) is 0 Å². The highest BCUT2D eigenvalue weighted by molar-refractivity contribution is 5.77. The number of nitrogens with zero attached hydrogens (tertiary/aromatic N) is 4. The van der Waals surface area contributed by atoms with E-state index in [4.69, 9.17) is 0 Å². The van der Waals surface area contributed by atoms with Gasteiger partial charge in [-0.1, -0.05) is 17.3 Å². The Morgan fingerprint density at radius 1 is 1.36 bits per heavy atom. The van der Waals surface area contributed by atoms with Gasteiger partial charge in [0.25, 0.3) is 0 Å². The molecule has 25 heavy (non-hydrogen) atoms. The maximum Gasteiger partial charge on any atom is 0.223 e. The molecular weight excluding hydrogens is 323 g/mol. The van der Waals surface area contributed by atoms with E-state index in [-0.39, 0.29) is 24.3 Å². The highest BCUT2D eigenvalue weighted by atomic mass is 19.1. The SMILES string of the molecule is CC(C)n1cc(C2(O)CCN(C(=O)CCc3ccc(F)cc3)C2)nn1. The number of carbonyl (C=O) groups is 1. The molecule has 0 aliphatic carbocycles. The minimum atomic E-state index is -1.14. The second-order valence-electron chi connectivity index (χ2n) is 6.90. The van der Waals surface area contributed by atoms with Crippen LogP contribution < -0.4 is 0 Å². The van der Waals surface area contributed by atoms with Crippen molar-refractivity contribution in [3.05, 3.63) is 47.5 Å². The average Bonchev–Trinajstić information content (AvgIpc) is 3.22. The van der Waals surface area contributed by atoms with Crippen LogP contribution >= 0.6 is 0 Å². The molecule has 0 bridgehead atoms. The largest absolute Gasteiger partial charge is 0.381 e. The second kappa shape index (κ2) is 6.92. The lowest BCUT2D eigenvalue weighted by molar-refractivity contribution is -0.131. The zero-order valence-corrected chi connectivity index (χ0v) is 14.5. The Morgan fingerprint density at radius 3 is 2.72 bits per heavy atom. The van der Waals surface area contributed by atoms with Crippen LogP contribution in [0.3, 0.4) is 0 Å². The summed E-state index contributed by atoms with van der Waals surface area (Å²) in [5.41, 5.74) is 0.290. The molecule has 0 spiro atoms. The minimum Gasteiger partial charge on any atom is -0.381 e. The fraction of sp³-hybridized carbons (Fsp3) is 0.500. The zero-order chi connectivity index (χ0) is 18.0. The van der Waals surface area contributed by atoms with E-state index >= 15 is 0 Å². The number of aliphatic hydroxyl groups is 1. The summed E-state index contributed by atoms with van der Waals surface area (Å²) in [5.74, 6) is -0.300. The summed E-state index contributed by atoms with van der Waals surface area (Å²) in [6, 6.07) is 6.33. The Kier molecular flexibility index (Phi) is 4.85. The molecule has 134 valence electrons. The topological polar surface area (TPSA) is 71.2 Å². The van der Waals surface area contributed by atoms with Gasteiger partial charge in [0.1, 0.15) is 17.1 Å². The quantitative estimate of drug-likeness (QED) is 0.899. The predicted octanol–water partition coefficient (Wildman–Crippen LogP) is 2.05. The van der Waals surface area contributed by atoms with Gasteiger partial charge in [0, 0.05) is 25.4 Å². The van der Waals surface area contributed by atoms with Gasteiger partial charge in [0.05, 0.1) is 12.7 Å². The van der Waals surface area contributed by atoms with E-state index < -0.39 is 5.60 Å². The number of aryl methyl sites for hydroxylation is 1. The number of β-amino-alcohol motifs (C(OH)–C–C–N with tert-alkyl or cyclic N) is 1. The lowest BCUT2D eigenvalue weighted by atomic mass is 10.00. The van der Waals surface area contributed by atoms with E-state index in [9.17, 15) is 14.3 Å². The van der Waals surface area contributed by atoms with Crippen LogP contribution in [0.5, 0.6) is 0 Å². The average molecular weight is 346 g/mol. The summed E-state index contributed by atoms with van der Waals surface area (Å²) >= 11 is 0. The number of carbonyl (C=O) groups excluding carboxylic acids is 1. The van der Waals surface area contributed by atoms with Crippen molar-refractivity contribution in [1.29, 1.82) is 0 Å².